The molecule has 1 saturated heterocycles. The number of rotatable bonds is 4. The zero-order chi connectivity index (χ0) is 18.7. The monoisotopic (exact) mass is 359 g/mol. The molecule has 5 heteroatoms. The summed E-state index contributed by atoms with van der Waals surface area (Å²) in [7, 11) is 0. The summed E-state index contributed by atoms with van der Waals surface area (Å²) in [6.07, 6.45) is 5.15. The van der Waals surface area contributed by atoms with Crippen LogP contribution in [0, 0.1) is 18.3 Å². The highest BCUT2D eigenvalue weighted by Gasteiger charge is 2.34. The van der Waals surface area contributed by atoms with Crippen LogP contribution in [-0.2, 0) is 10.2 Å². The van der Waals surface area contributed by atoms with E-state index in [0.717, 1.165) is 28.6 Å². The zero-order valence-electron chi connectivity index (χ0n) is 15.3. The van der Waals surface area contributed by atoms with E-state index in [1.54, 1.807) is 6.20 Å². The minimum absolute atomic E-state index is 0.486. The molecule has 0 aliphatic carbocycles. The second-order valence-corrected chi connectivity index (χ2v) is 6.77. The Hall–Kier alpha value is -3.10. The Balaban J connectivity index is 1.55. The van der Waals surface area contributed by atoms with Crippen molar-refractivity contribution in [1.82, 2.24) is 9.55 Å². The van der Waals surface area contributed by atoms with Crippen molar-refractivity contribution in [1.29, 1.82) is 5.26 Å². The molecule has 0 amide bonds. The number of aromatic nitrogens is 2. The van der Waals surface area contributed by atoms with Crippen LogP contribution in [0.1, 0.15) is 24.2 Å². The van der Waals surface area contributed by atoms with Crippen LogP contribution >= 0.6 is 0 Å². The van der Waals surface area contributed by atoms with Gasteiger partial charge in [-0.15, -0.1) is 0 Å². The fourth-order valence-corrected chi connectivity index (χ4v) is 3.50. The first kappa shape index (κ1) is 17.3. The summed E-state index contributed by atoms with van der Waals surface area (Å²) in [5.74, 6) is 2.43. The second kappa shape index (κ2) is 7.26. The molecule has 27 heavy (non-hydrogen) atoms. The van der Waals surface area contributed by atoms with Gasteiger partial charge < -0.3 is 14.0 Å². The molecule has 5 nitrogen and oxygen atoms in total. The van der Waals surface area contributed by atoms with Gasteiger partial charge in [-0.25, -0.2) is 4.98 Å². The van der Waals surface area contributed by atoms with Gasteiger partial charge >= 0.3 is 0 Å². The van der Waals surface area contributed by atoms with Crippen molar-refractivity contribution in [3.63, 3.8) is 0 Å². The molecule has 3 aromatic rings. The number of ether oxygens (including phenoxy) is 2. The molecule has 1 aliphatic heterocycles. The molecule has 4 rings (SSSR count). The van der Waals surface area contributed by atoms with Crippen molar-refractivity contribution < 1.29 is 9.47 Å². The van der Waals surface area contributed by atoms with Crippen LogP contribution in [0.25, 0.3) is 5.69 Å². The molecule has 0 saturated carbocycles. The normalized spacial score (nSPS) is 15.9. The van der Waals surface area contributed by atoms with Crippen LogP contribution in [0.4, 0.5) is 0 Å². The highest BCUT2D eigenvalue weighted by Crippen LogP contribution is 2.36. The number of benzene rings is 2. The standard InChI is InChI=1S/C22H21N3O2/c1-17-24-11-12-25(17)19-5-7-20(8-6-19)27-21-4-2-3-18(15-21)22(16-23)9-13-26-14-10-22/h2-8,11-12,15H,9-10,13-14H2,1H3. The van der Waals surface area contributed by atoms with Crippen LogP contribution < -0.4 is 4.74 Å². The van der Waals surface area contributed by atoms with Gasteiger partial charge in [0.2, 0.25) is 0 Å². The van der Waals surface area contributed by atoms with E-state index in [2.05, 4.69) is 11.1 Å². The topological polar surface area (TPSA) is 60.1 Å². The average molecular weight is 359 g/mol. The third-order valence-electron chi connectivity index (χ3n) is 5.12. The predicted octanol–water partition coefficient (Wildman–Crippen LogP) is 4.54. The maximum absolute atomic E-state index is 9.77. The molecule has 0 unspecified atom stereocenters. The van der Waals surface area contributed by atoms with Crippen molar-refractivity contribution in [2.45, 2.75) is 25.2 Å². The van der Waals surface area contributed by atoms with Crippen molar-refractivity contribution in [3.8, 4) is 23.3 Å². The highest BCUT2D eigenvalue weighted by molar-refractivity contribution is 5.43. The van der Waals surface area contributed by atoms with E-state index < -0.39 is 5.41 Å². The van der Waals surface area contributed by atoms with E-state index in [1.165, 1.54) is 0 Å². The van der Waals surface area contributed by atoms with Crippen molar-refractivity contribution in [2.24, 2.45) is 0 Å². The molecule has 0 atom stereocenters. The fourth-order valence-electron chi connectivity index (χ4n) is 3.50. The molecular weight excluding hydrogens is 338 g/mol. The summed E-state index contributed by atoms with van der Waals surface area (Å²) < 4.78 is 13.5. The Morgan fingerprint density at radius 2 is 1.89 bits per heavy atom. The van der Waals surface area contributed by atoms with Crippen molar-refractivity contribution in [2.75, 3.05) is 13.2 Å². The number of imidazole rings is 1. The predicted molar refractivity (Wildman–Crippen MR) is 102 cm³/mol. The number of nitrogens with zero attached hydrogens (tertiary/aromatic N) is 3. The van der Waals surface area contributed by atoms with Crippen LogP contribution in [0.3, 0.4) is 0 Å². The van der Waals surface area contributed by atoms with E-state index in [4.69, 9.17) is 9.47 Å². The van der Waals surface area contributed by atoms with Crippen molar-refractivity contribution >= 4 is 0 Å². The fraction of sp³-hybridized carbons (Fsp3) is 0.273. The third kappa shape index (κ3) is 3.44. The van der Waals surface area contributed by atoms with Gasteiger partial charge in [-0.3, -0.25) is 0 Å². The van der Waals surface area contributed by atoms with E-state index >= 15 is 0 Å². The van der Waals surface area contributed by atoms with Crippen LogP contribution in [0.2, 0.25) is 0 Å². The highest BCUT2D eigenvalue weighted by atomic mass is 16.5. The molecular formula is C22H21N3O2. The molecule has 136 valence electrons. The quantitative estimate of drug-likeness (QED) is 0.686. The Kier molecular flexibility index (Phi) is 4.66. The van der Waals surface area contributed by atoms with E-state index in [9.17, 15) is 5.26 Å². The zero-order valence-corrected chi connectivity index (χ0v) is 15.3. The third-order valence-corrected chi connectivity index (χ3v) is 5.12. The molecule has 2 aromatic carbocycles. The summed E-state index contributed by atoms with van der Waals surface area (Å²) >= 11 is 0. The van der Waals surface area contributed by atoms with Gasteiger partial charge in [-0.1, -0.05) is 12.1 Å². The summed E-state index contributed by atoms with van der Waals surface area (Å²) in [4.78, 5) is 4.25. The first-order valence-electron chi connectivity index (χ1n) is 9.08. The number of hydrogen-bond donors (Lipinski definition) is 0. The minimum Gasteiger partial charge on any atom is -0.457 e. The van der Waals surface area contributed by atoms with Gasteiger partial charge in [0.05, 0.1) is 11.5 Å². The number of hydrogen-bond acceptors (Lipinski definition) is 4. The number of aryl methyl sites for hydroxylation is 1. The maximum Gasteiger partial charge on any atom is 0.127 e. The van der Waals surface area contributed by atoms with Crippen LogP contribution in [-0.4, -0.2) is 22.8 Å². The van der Waals surface area contributed by atoms with Gasteiger partial charge in [0.15, 0.2) is 0 Å². The molecule has 1 aromatic heterocycles. The Bertz CT molecular complexity index is 964. The summed E-state index contributed by atoms with van der Waals surface area (Å²) in [5, 5.41) is 9.77. The maximum atomic E-state index is 9.77. The van der Waals surface area contributed by atoms with E-state index in [0.29, 0.717) is 26.1 Å². The molecule has 0 N–H and O–H groups in total. The number of nitriles is 1. The molecule has 2 heterocycles. The van der Waals surface area contributed by atoms with Gasteiger partial charge in [0.1, 0.15) is 17.3 Å². The van der Waals surface area contributed by atoms with Gasteiger partial charge in [0.25, 0.3) is 0 Å². The largest absolute Gasteiger partial charge is 0.457 e. The Morgan fingerprint density at radius 3 is 2.56 bits per heavy atom. The minimum atomic E-state index is -0.486. The molecule has 1 fully saturated rings. The average Bonchev–Trinajstić information content (AvgIpc) is 3.15. The molecule has 0 radical (unpaired) electrons. The Labute approximate surface area is 158 Å². The van der Waals surface area contributed by atoms with E-state index in [1.807, 2.05) is 66.2 Å². The van der Waals surface area contributed by atoms with Gasteiger partial charge in [0, 0.05) is 31.3 Å². The molecule has 0 bridgehead atoms. The smallest absolute Gasteiger partial charge is 0.127 e. The van der Waals surface area contributed by atoms with Gasteiger partial charge in [-0.05, 0) is 61.7 Å². The van der Waals surface area contributed by atoms with E-state index in [-0.39, 0.29) is 0 Å². The lowest BCUT2D eigenvalue weighted by Crippen LogP contribution is -2.32. The summed E-state index contributed by atoms with van der Waals surface area (Å²) in [6, 6.07) is 18.2. The second-order valence-electron chi connectivity index (χ2n) is 6.77. The van der Waals surface area contributed by atoms with Crippen LogP contribution in [0.15, 0.2) is 60.9 Å². The first-order chi connectivity index (χ1) is 13.2. The first-order valence-corrected chi connectivity index (χ1v) is 9.08. The summed E-state index contributed by atoms with van der Waals surface area (Å²) in [5.41, 5.74) is 1.55. The van der Waals surface area contributed by atoms with Gasteiger partial charge in [-0.2, -0.15) is 5.26 Å². The van der Waals surface area contributed by atoms with Crippen molar-refractivity contribution in [3.05, 3.63) is 72.3 Å². The SMILES string of the molecule is Cc1nccn1-c1ccc(Oc2cccc(C3(C#N)CCOCC3)c2)cc1. The molecule has 1 aliphatic rings. The molecule has 0 spiro atoms. The Morgan fingerprint density at radius 1 is 1.11 bits per heavy atom. The lowest BCUT2D eigenvalue weighted by Gasteiger charge is -2.31. The lowest BCUT2D eigenvalue weighted by molar-refractivity contribution is 0.0675. The van der Waals surface area contributed by atoms with Crippen LogP contribution in [0.5, 0.6) is 11.5 Å². The summed E-state index contributed by atoms with van der Waals surface area (Å²) in [6.45, 7) is 3.21. The lowest BCUT2D eigenvalue weighted by atomic mass is 9.75.